The summed E-state index contributed by atoms with van der Waals surface area (Å²) in [4.78, 5) is 0. The van der Waals surface area contributed by atoms with Gasteiger partial charge in [0.15, 0.2) is 6.29 Å². The first-order valence-electron chi connectivity index (χ1n) is 6.42. The van der Waals surface area contributed by atoms with Crippen molar-refractivity contribution >= 4 is 0 Å². The van der Waals surface area contributed by atoms with Crippen molar-refractivity contribution in [2.24, 2.45) is 0 Å². The Labute approximate surface area is 98.4 Å². The summed E-state index contributed by atoms with van der Waals surface area (Å²) in [5, 5.41) is 8.53. The van der Waals surface area contributed by atoms with Gasteiger partial charge in [0.25, 0.3) is 0 Å². The number of unbranched alkanes of at least 4 members (excludes halogenated alkanes) is 3. The molecule has 1 unspecified atom stereocenters. The Bertz CT molecular complexity index is 174. The topological polar surface area (TPSA) is 38.7 Å². The molecule has 3 heteroatoms. The number of rotatable bonds is 8. The monoisotopic (exact) mass is 228 g/mol. The van der Waals surface area contributed by atoms with Gasteiger partial charge >= 0.3 is 0 Å². The van der Waals surface area contributed by atoms with Gasteiger partial charge in [-0.2, -0.15) is 0 Å². The van der Waals surface area contributed by atoms with Crippen LogP contribution < -0.4 is 0 Å². The van der Waals surface area contributed by atoms with Crippen molar-refractivity contribution in [2.45, 2.75) is 51.2 Å². The van der Waals surface area contributed by atoms with Crippen molar-refractivity contribution in [1.29, 1.82) is 0 Å². The molecule has 0 aliphatic carbocycles. The zero-order valence-corrected chi connectivity index (χ0v) is 10.1. The Morgan fingerprint density at radius 1 is 1.19 bits per heavy atom. The minimum atomic E-state index is 0.0584. The molecule has 1 heterocycles. The lowest BCUT2D eigenvalue weighted by Gasteiger charge is -2.22. The summed E-state index contributed by atoms with van der Waals surface area (Å²) in [7, 11) is 0. The molecule has 3 nitrogen and oxygen atoms in total. The first-order chi connectivity index (χ1) is 7.93. The Balaban J connectivity index is 1.82. The Morgan fingerprint density at radius 2 is 2.12 bits per heavy atom. The van der Waals surface area contributed by atoms with Crippen LogP contribution in [0.4, 0.5) is 0 Å². The third-order valence-corrected chi connectivity index (χ3v) is 2.73. The van der Waals surface area contributed by atoms with Gasteiger partial charge in [-0.05, 0) is 38.5 Å². The fraction of sp³-hybridized carbons (Fsp3) is 0.846. The molecule has 0 radical (unpaired) electrons. The van der Waals surface area contributed by atoms with Crippen molar-refractivity contribution in [1.82, 2.24) is 0 Å². The molecule has 0 amide bonds. The average Bonchev–Trinajstić information content (AvgIpc) is 2.34. The van der Waals surface area contributed by atoms with Gasteiger partial charge in [0.2, 0.25) is 0 Å². The lowest BCUT2D eigenvalue weighted by atomic mass is 10.2. The molecular formula is C13H24O3. The molecule has 0 bridgehead atoms. The molecule has 1 N–H and O–H groups in total. The van der Waals surface area contributed by atoms with Gasteiger partial charge in [-0.25, -0.2) is 0 Å². The van der Waals surface area contributed by atoms with Gasteiger partial charge < -0.3 is 14.6 Å². The molecule has 1 rings (SSSR count). The number of aliphatic hydroxyl groups excluding tert-OH is 1. The van der Waals surface area contributed by atoms with E-state index in [1.165, 1.54) is 25.7 Å². The Hall–Kier alpha value is -0.380. The lowest BCUT2D eigenvalue weighted by Crippen LogP contribution is -2.22. The van der Waals surface area contributed by atoms with Crippen LogP contribution in [0.5, 0.6) is 0 Å². The summed E-state index contributed by atoms with van der Waals surface area (Å²) in [6, 6.07) is 0. The molecule has 1 aliphatic heterocycles. The molecule has 1 aliphatic rings. The van der Waals surface area contributed by atoms with Gasteiger partial charge in [0.1, 0.15) is 0 Å². The van der Waals surface area contributed by atoms with E-state index in [9.17, 15) is 0 Å². The van der Waals surface area contributed by atoms with Crippen LogP contribution in [-0.4, -0.2) is 31.2 Å². The quantitative estimate of drug-likeness (QED) is 0.512. The highest BCUT2D eigenvalue weighted by atomic mass is 16.7. The predicted molar refractivity (Wildman–Crippen MR) is 64.2 cm³/mol. The smallest absolute Gasteiger partial charge is 0.157 e. The number of hydrogen-bond donors (Lipinski definition) is 1. The van der Waals surface area contributed by atoms with E-state index >= 15 is 0 Å². The maximum Gasteiger partial charge on any atom is 0.157 e. The van der Waals surface area contributed by atoms with E-state index in [-0.39, 0.29) is 12.9 Å². The van der Waals surface area contributed by atoms with Crippen LogP contribution in [0.3, 0.4) is 0 Å². The molecule has 0 spiro atoms. The Kier molecular flexibility index (Phi) is 8.40. The average molecular weight is 228 g/mol. The van der Waals surface area contributed by atoms with Gasteiger partial charge in [0.05, 0.1) is 6.61 Å². The van der Waals surface area contributed by atoms with E-state index in [1.807, 2.05) is 6.08 Å². The summed E-state index contributed by atoms with van der Waals surface area (Å²) in [6.45, 7) is 1.83. The highest BCUT2D eigenvalue weighted by Crippen LogP contribution is 2.14. The zero-order chi connectivity index (χ0) is 11.5. The van der Waals surface area contributed by atoms with E-state index in [4.69, 9.17) is 14.6 Å². The van der Waals surface area contributed by atoms with Crippen molar-refractivity contribution < 1.29 is 14.6 Å². The first-order valence-corrected chi connectivity index (χ1v) is 6.42. The van der Waals surface area contributed by atoms with Crippen LogP contribution in [0.1, 0.15) is 44.9 Å². The standard InChI is InChI=1S/C13H24O3/c14-10-6-3-1-2-4-7-11-15-13-9-5-8-12-16-13/h3,6,13-14H,1-2,4-5,7-12H2/b6-3+. The molecule has 1 saturated heterocycles. The molecule has 94 valence electrons. The first kappa shape index (κ1) is 13.7. The largest absolute Gasteiger partial charge is 0.392 e. The maximum absolute atomic E-state index is 8.53. The maximum atomic E-state index is 8.53. The van der Waals surface area contributed by atoms with Crippen LogP contribution >= 0.6 is 0 Å². The SMILES string of the molecule is OC/C=C/CCCCCOC1CCCCO1. The van der Waals surface area contributed by atoms with Gasteiger partial charge in [-0.15, -0.1) is 0 Å². The molecule has 1 atom stereocenters. The molecular weight excluding hydrogens is 204 g/mol. The summed E-state index contributed by atoms with van der Waals surface area (Å²) < 4.78 is 11.1. The summed E-state index contributed by atoms with van der Waals surface area (Å²) in [6.07, 6.45) is 11.9. The summed E-state index contributed by atoms with van der Waals surface area (Å²) in [5.74, 6) is 0. The van der Waals surface area contributed by atoms with Crippen molar-refractivity contribution in [3.63, 3.8) is 0 Å². The number of allylic oxidation sites excluding steroid dienone is 1. The third-order valence-electron chi connectivity index (χ3n) is 2.73. The fourth-order valence-electron chi connectivity index (χ4n) is 1.79. The second-order valence-electron chi connectivity index (χ2n) is 4.17. The number of aliphatic hydroxyl groups is 1. The van der Waals surface area contributed by atoms with Crippen LogP contribution in [-0.2, 0) is 9.47 Å². The minimum absolute atomic E-state index is 0.0584. The van der Waals surface area contributed by atoms with E-state index in [0.29, 0.717) is 0 Å². The van der Waals surface area contributed by atoms with Crippen LogP contribution in [0.15, 0.2) is 12.2 Å². The molecule has 0 aromatic carbocycles. The Morgan fingerprint density at radius 3 is 2.88 bits per heavy atom. The van der Waals surface area contributed by atoms with E-state index in [0.717, 1.165) is 32.5 Å². The van der Waals surface area contributed by atoms with Gasteiger partial charge in [-0.1, -0.05) is 18.6 Å². The van der Waals surface area contributed by atoms with Gasteiger partial charge in [-0.3, -0.25) is 0 Å². The van der Waals surface area contributed by atoms with Crippen molar-refractivity contribution in [3.8, 4) is 0 Å². The second kappa shape index (κ2) is 9.82. The van der Waals surface area contributed by atoms with E-state index in [1.54, 1.807) is 6.08 Å². The zero-order valence-electron chi connectivity index (χ0n) is 10.1. The third kappa shape index (κ3) is 6.99. The fourth-order valence-corrected chi connectivity index (χ4v) is 1.79. The normalized spacial score (nSPS) is 21.7. The van der Waals surface area contributed by atoms with E-state index < -0.39 is 0 Å². The highest BCUT2D eigenvalue weighted by molar-refractivity contribution is 4.80. The molecule has 0 saturated carbocycles. The number of ether oxygens (including phenoxy) is 2. The summed E-state index contributed by atoms with van der Waals surface area (Å²) >= 11 is 0. The molecule has 1 fully saturated rings. The van der Waals surface area contributed by atoms with E-state index in [2.05, 4.69) is 0 Å². The predicted octanol–water partition coefficient (Wildman–Crippen LogP) is 2.64. The lowest BCUT2D eigenvalue weighted by molar-refractivity contribution is -0.162. The number of hydrogen-bond acceptors (Lipinski definition) is 3. The van der Waals surface area contributed by atoms with Crippen molar-refractivity contribution in [3.05, 3.63) is 12.2 Å². The highest BCUT2D eigenvalue weighted by Gasteiger charge is 2.12. The van der Waals surface area contributed by atoms with Crippen LogP contribution in [0.2, 0.25) is 0 Å². The molecule has 16 heavy (non-hydrogen) atoms. The van der Waals surface area contributed by atoms with Crippen LogP contribution in [0, 0.1) is 0 Å². The second-order valence-corrected chi connectivity index (χ2v) is 4.17. The van der Waals surface area contributed by atoms with Crippen molar-refractivity contribution in [2.75, 3.05) is 19.8 Å². The minimum Gasteiger partial charge on any atom is -0.392 e. The van der Waals surface area contributed by atoms with Crippen LogP contribution in [0.25, 0.3) is 0 Å². The molecule has 0 aromatic rings. The molecule has 0 aromatic heterocycles. The summed E-state index contributed by atoms with van der Waals surface area (Å²) in [5.41, 5.74) is 0. The van der Waals surface area contributed by atoms with Gasteiger partial charge in [0, 0.05) is 13.2 Å².